The van der Waals surface area contributed by atoms with Gasteiger partial charge in [-0.15, -0.1) is 0 Å². The van der Waals surface area contributed by atoms with Crippen molar-refractivity contribution in [2.45, 2.75) is 12.5 Å². The molecule has 27 heavy (non-hydrogen) atoms. The Morgan fingerprint density at radius 1 is 1.22 bits per heavy atom. The number of carbonyl (C=O) groups is 1. The van der Waals surface area contributed by atoms with Gasteiger partial charge in [-0.25, -0.2) is 4.39 Å². The molecule has 1 unspecified atom stereocenters. The number of aldehydes is 1. The summed E-state index contributed by atoms with van der Waals surface area (Å²) in [5, 5.41) is 0.342. The number of aromatic nitrogens is 1. The molecule has 0 fully saturated rings. The van der Waals surface area contributed by atoms with Crippen molar-refractivity contribution >= 4 is 17.9 Å². The zero-order valence-corrected chi connectivity index (χ0v) is 15.2. The van der Waals surface area contributed by atoms with Gasteiger partial charge >= 0.3 is 0 Å². The van der Waals surface area contributed by atoms with Crippen LogP contribution in [0.25, 0.3) is 11.1 Å². The van der Waals surface area contributed by atoms with Crippen molar-refractivity contribution in [3.8, 4) is 22.6 Å². The largest absolute Gasteiger partial charge is 0.494 e. The minimum absolute atomic E-state index is 0.0458. The van der Waals surface area contributed by atoms with Crippen molar-refractivity contribution in [2.75, 3.05) is 7.11 Å². The van der Waals surface area contributed by atoms with Gasteiger partial charge in [0.05, 0.1) is 12.8 Å². The van der Waals surface area contributed by atoms with Crippen LogP contribution >= 0.6 is 11.6 Å². The second-order valence-corrected chi connectivity index (χ2v) is 6.54. The van der Waals surface area contributed by atoms with Gasteiger partial charge in [-0.05, 0) is 36.4 Å². The summed E-state index contributed by atoms with van der Waals surface area (Å²) >= 11 is 6.44. The molecule has 0 saturated heterocycles. The van der Waals surface area contributed by atoms with Crippen LogP contribution in [0, 0.1) is 5.82 Å². The van der Waals surface area contributed by atoms with Crippen LogP contribution in [0.2, 0.25) is 5.02 Å². The Kier molecular flexibility index (Phi) is 4.54. The Morgan fingerprint density at radius 3 is 2.78 bits per heavy atom. The highest BCUT2D eigenvalue weighted by molar-refractivity contribution is 6.33. The lowest BCUT2D eigenvalue weighted by molar-refractivity contribution is 0.112. The predicted molar refractivity (Wildman–Crippen MR) is 100 cm³/mol. The number of hydrogen-bond acceptors (Lipinski definition) is 4. The third-order valence-corrected chi connectivity index (χ3v) is 4.95. The van der Waals surface area contributed by atoms with Crippen molar-refractivity contribution in [2.24, 2.45) is 0 Å². The van der Waals surface area contributed by atoms with Gasteiger partial charge in [-0.2, -0.15) is 0 Å². The van der Waals surface area contributed by atoms with Crippen LogP contribution in [0.1, 0.15) is 27.7 Å². The van der Waals surface area contributed by atoms with Crippen molar-refractivity contribution < 1.29 is 18.7 Å². The number of methoxy groups -OCH3 is 1. The highest BCUT2D eigenvalue weighted by Gasteiger charge is 2.31. The fourth-order valence-corrected chi connectivity index (χ4v) is 3.65. The lowest BCUT2D eigenvalue weighted by Crippen LogP contribution is -2.05. The molecule has 2 aromatic carbocycles. The van der Waals surface area contributed by atoms with Gasteiger partial charge in [0.1, 0.15) is 11.9 Å². The number of halogens is 2. The number of pyridine rings is 1. The van der Waals surface area contributed by atoms with E-state index in [1.54, 1.807) is 18.3 Å². The van der Waals surface area contributed by atoms with Crippen LogP contribution in [0.5, 0.6) is 11.5 Å². The smallest absolute Gasteiger partial charge is 0.173 e. The molecule has 1 atom stereocenters. The lowest BCUT2D eigenvalue weighted by atomic mass is 9.92. The van der Waals surface area contributed by atoms with E-state index in [-0.39, 0.29) is 23.0 Å². The number of benzene rings is 2. The van der Waals surface area contributed by atoms with E-state index in [4.69, 9.17) is 21.1 Å². The molecule has 0 N–H and O–H groups in total. The molecule has 0 bridgehead atoms. The molecule has 0 amide bonds. The average molecular weight is 384 g/mol. The summed E-state index contributed by atoms with van der Waals surface area (Å²) in [4.78, 5) is 15.9. The van der Waals surface area contributed by atoms with E-state index in [1.165, 1.54) is 19.2 Å². The molecule has 3 aromatic rings. The summed E-state index contributed by atoms with van der Waals surface area (Å²) in [5.74, 6) is 0.0206. The Labute approximate surface area is 160 Å². The molecule has 6 heteroatoms. The van der Waals surface area contributed by atoms with Crippen molar-refractivity contribution in [1.82, 2.24) is 4.98 Å². The highest BCUT2D eigenvalue weighted by atomic mass is 35.5. The molecule has 0 radical (unpaired) electrons. The summed E-state index contributed by atoms with van der Waals surface area (Å²) in [7, 11) is 1.38. The molecule has 0 spiro atoms. The molecule has 0 saturated carbocycles. The second-order valence-electron chi connectivity index (χ2n) is 6.13. The van der Waals surface area contributed by atoms with Crippen LogP contribution in [0.4, 0.5) is 4.39 Å². The van der Waals surface area contributed by atoms with Crippen molar-refractivity contribution in [3.05, 3.63) is 76.3 Å². The van der Waals surface area contributed by atoms with Gasteiger partial charge in [-0.1, -0.05) is 17.7 Å². The standard InChI is InChI=1S/C21H15ClFNO3/c1-26-17-7-5-12(11-25)19(21(17)23)20-13-10-18(15-4-2-3-9-24-15)27-16(13)8-6-14(20)22/h2-9,11,18H,10H2,1H3. The van der Waals surface area contributed by atoms with E-state index in [2.05, 4.69) is 4.98 Å². The first-order chi connectivity index (χ1) is 13.1. The van der Waals surface area contributed by atoms with E-state index >= 15 is 4.39 Å². The van der Waals surface area contributed by atoms with Gasteiger partial charge < -0.3 is 9.47 Å². The van der Waals surface area contributed by atoms with Crippen molar-refractivity contribution in [1.29, 1.82) is 0 Å². The van der Waals surface area contributed by atoms with Crippen molar-refractivity contribution in [3.63, 3.8) is 0 Å². The average Bonchev–Trinajstić information content (AvgIpc) is 3.13. The summed E-state index contributed by atoms with van der Waals surface area (Å²) in [6.07, 6.45) is 2.48. The number of ether oxygens (including phenoxy) is 2. The van der Waals surface area contributed by atoms with Gasteiger partial charge in [0.25, 0.3) is 0 Å². The molecule has 4 rings (SSSR count). The molecule has 2 heterocycles. The molecule has 1 aliphatic rings. The highest BCUT2D eigenvalue weighted by Crippen LogP contribution is 2.47. The Morgan fingerprint density at radius 2 is 2.07 bits per heavy atom. The maximum Gasteiger partial charge on any atom is 0.173 e. The van der Waals surface area contributed by atoms with Crippen LogP contribution in [0.3, 0.4) is 0 Å². The summed E-state index contributed by atoms with van der Waals surface area (Å²) < 4.78 is 26.2. The molecule has 4 nitrogen and oxygen atoms in total. The number of rotatable bonds is 4. The van der Waals surface area contributed by atoms with E-state index < -0.39 is 5.82 Å². The van der Waals surface area contributed by atoms with E-state index in [1.807, 2.05) is 18.2 Å². The maximum atomic E-state index is 15.1. The number of hydrogen-bond donors (Lipinski definition) is 0. The summed E-state index contributed by atoms with van der Waals surface area (Å²) in [6.45, 7) is 0. The van der Waals surface area contributed by atoms with Crippen LogP contribution in [-0.4, -0.2) is 18.4 Å². The predicted octanol–water partition coefficient (Wildman–Crippen LogP) is 5.04. The minimum Gasteiger partial charge on any atom is -0.494 e. The van der Waals surface area contributed by atoms with Crippen LogP contribution in [-0.2, 0) is 6.42 Å². The minimum atomic E-state index is -0.626. The number of carbonyl (C=O) groups excluding carboxylic acids is 1. The first-order valence-corrected chi connectivity index (χ1v) is 8.72. The number of fused-ring (bicyclic) bond motifs is 1. The van der Waals surface area contributed by atoms with Gasteiger partial charge in [0, 0.05) is 39.9 Å². The number of nitrogens with zero attached hydrogens (tertiary/aromatic N) is 1. The molecular weight excluding hydrogens is 369 g/mol. The topological polar surface area (TPSA) is 48.4 Å². The zero-order valence-electron chi connectivity index (χ0n) is 14.4. The first kappa shape index (κ1) is 17.5. The molecular formula is C21H15ClFNO3. The van der Waals surface area contributed by atoms with Gasteiger partial charge in [0.2, 0.25) is 0 Å². The van der Waals surface area contributed by atoms with E-state index in [0.29, 0.717) is 29.0 Å². The second kappa shape index (κ2) is 7.00. The molecule has 136 valence electrons. The third kappa shape index (κ3) is 2.94. The SMILES string of the molecule is COc1ccc(C=O)c(-c2c(Cl)ccc3c2CC(c2ccccn2)O3)c1F. The monoisotopic (exact) mass is 383 g/mol. The van der Waals surface area contributed by atoms with E-state index in [0.717, 1.165) is 11.3 Å². The van der Waals surface area contributed by atoms with Crippen LogP contribution < -0.4 is 9.47 Å². The molecule has 1 aliphatic heterocycles. The molecule has 1 aromatic heterocycles. The normalized spacial score (nSPS) is 15.1. The zero-order chi connectivity index (χ0) is 19.0. The fourth-order valence-electron chi connectivity index (χ4n) is 3.38. The van der Waals surface area contributed by atoms with E-state index in [9.17, 15) is 4.79 Å². The summed E-state index contributed by atoms with van der Waals surface area (Å²) in [6, 6.07) is 11.9. The van der Waals surface area contributed by atoms with Crippen LogP contribution in [0.15, 0.2) is 48.7 Å². The third-order valence-electron chi connectivity index (χ3n) is 4.63. The van der Waals surface area contributed by atoms with Gasteiger partial charge in [-0.3, -0.25) is 9.78 Å². The quantitative estimate of drug-likeness (QED) is 0.592. The Hall–Kier alpha value is -2.92. The maximum absolute atomic E-state index is 15.1. The fraction of sp³-hybridized carbons (Fsp3) is 0.143. The lowest BCUT2D eigenvalue weighted by Gasteiger charge is -2.14. The Bertz CT molecular complexity index is 1020. The summed E-state index contributed by atoms with van der Waals surface area (Å²) in [5.41, 5.74) is 2.29. The van der Waals surface area contributed by atoms with Gasteiger partial charge in [0.15, 0.2) is 17.9 Å². The molecule has 0 aliphatic carbocycles. The Balaban J connectivity index is 1.89. The first-order valence-electron chi connectivity index (χ1n) is 8.35.